The lowest BCUT2D eigenvalue weighted by molar-refractivity contribution is 0.317. The van der Waals surface area contributed by atoms with E-state index in [1.54, 1.807) is 6.55 Å². The lowest BCUT2D eigenvalue weighted by Crippen LogP contribution is -2.26. The standard InChI is InChI=1S/C2H5ClO3Si2/c1-8(3)2-5-7(4)6-8/h2H2,1H3. The minimum Gasteiger partial charge on any atom is -0.537 e. The molecule has 0 aliphatic carbocycles. The molecule has 1 aliphatic rings. The van der Waals surface area contributed by atoms with Crippen LogP contribution >= 0.6 is 11.1 Å². The molecule has 6 heteroatoms. The van der Waals surface area contributed by atoms with Gasteiger partial charge in [0.2, 0.25) is 0 Å². The molecule has 1 aliphatic heterocycles. The van der Waals surface area contributed by atoms with Gasteiger partial charge in [-0.1, -0.05) is 0 Å². The van der Waals surface area contributed by atoms with Gasteiger partial charge in [0.15, 0.2) is 0 Å². The first-order valence-electron chi connectivity index (χ1n) is 2.15. The summed E-state index contributed by atoms with van der Waals surface area (Å²) in [7, 11) is -4.30. The Balaban J connectivity index is 2.56. The van der Waals surface area contributed by atoms with Gasteiger partial charge in [0.25, 0.3) is 0 Å². The fraction of sp³-hybridized carbons (Fsp3) is 1.00. The molecular formula is C2H5ClO3Si2. The summed E-state index contributed by atoms with van der Waals surface area (Å²) in [6.45, 7) is 1.75. The summed E-state index contributed by atoms with van der Waals surface area (Å²) in [6, 6.07) is 0. The van der Waals surface area contributed by atoms with E-state index in [2.05, 4.69) is 4.43 Å². The molecule has 0 saturated carbocycles. The molecule has 0 N–H and O–H groups in total. The van der Waals surface area contributed by atoms with Crippen LogP contribution in [-0.2, 0) is 13.0 Å². The molecule has 0 bridgehead atoms. The zero-order valence-electron chi connectivity index (χ0n) is 4.31. The van der Waals surface area contributed by atoms with Crippen molar-refractivity contribution in [3.05, 3.63) is 0 Å². The maximum absolute atomic E-state index is 10.3. The van der Waals surface area contributed by atoms with Crippen LogP contribution in [0.3, 0.4) is 0 Å². The summed E-state index contributed by atoms with van der Waals surface area (Å²) in [4.78, 5) is 0. The van der Waals surface area contributed by atoms with Crippen molar-refractivity contribution in [3.63, 3.8) is 0 Å². The van der Waals surface area contributed by atoms with Crippen LogP contribution in [0.25, 0.3) is 0 Å². The van der Waals surface area contributed by atoms with E-state index in [0.29, 0.717) is 6.23 Å². The van der Waals surface area contributed by atoms with Crippen LogP contribution in [0.15, 0.2) is 0 Å². The highest BCUT2D eigenvalue weighted by Gasteiger charge is 2.41. The molecule has 0 radical (unpaired) electrons. The topological polar surface area (TPSA) is 35.5 Å². The van der Waals surface area contributed by atoms with Crippen molar-refractivity contribution in [1.29, 1.82) is 0 Å². The highest BCUT2D eigenvalue weighted by atomic mass is 35.6. The van der Waals surface area contributed by atoms with Crippen molar-refractivity contribution in [3.8, 4) is 0 Å². The van der Waals surface area contributed by atoms with E-state index in [4.69, 9.17) is 15.2 Å². The zero-order chi connectivity index (χ0) is 6.20. The van der Waals surface area contributed by atoms with Gasteiger partial charge in [0.05, 0.1) is 0 Å². The molecule has 0 aromatic heterocycles. The first-order chi connectivity index (χ1) is 3.60. The quantitative estimate of drug-likeness (QED) is 0.386. The summed E-state index contributed by atoms with van der Waals surface area (Å²) < 4.78 is 19.7. The molecule has 1 fully saturated rings. The van der Waals surface area contributed by atoms with Crippen LogP contribution in [0.4, 0.5) is 0 Å². The summed E-state index contributed by atoms with van der Waals surface area (Å²) in [6.07, 6.45) is 0.354. The SMILES string of the molecule is C[Si]1(Cl)CO[Si](=O)O1. The number of hydrogen-bond donors (Lipinski definition) is 0. The summed E-state index contributed by atoms with van der Waals surface area (Å²) in [5.74, 6) is 0. The van der Waals surface area contributed by atoms with E-state index >= 15 is 0 Å². The fourth-order valence-corrected chi connectivity index (χ4v) is 4.84. The third-order valence-electron chi connectivity index (χ3n) is 0.744. The van der Waals surface area contributed by atoms with E-state index in [0.717, 1.165) is 0 Å². The smallest absolute Gasteiger partial charge is 0.537 e. The Morgan fingerprint density at radius 2 is 2.50 bits per heavy atom. The third kappa shape index (κ3) is 1.30. The second-order valence-electron chi connectivity index (χ2n) is 1.74. The Bertz CT molecular complexity index is 124. The van der Waals surface area contributed by atoms with Crippen molar-refractivity contribution < 1.29 is 13.0 Å². The van der Waals surface area contributed by atoms with Gasteiger partial charge in [0.1, 0.15) is 6.23 Å². The van der Waals surface area contributed by atoms with Gasteiger partial charge in [-0.05, 0) is 6.55 Å². The van der Waals surface area contributed by atoms with Gasteiger partial charge in [-0.15, -0.1) is 11.1 Å². The van der Waals surface area contributed by atoms with E-state index < -0.39 is 16.8 Å². The van der Waals surface area contributed by atoms with Crippen molar-refractivity contribution in [2.24, 2.45) is 0 Å². The molecule has 1 atom stereocenters. The molecule has 8 heavy (non-hydrogen) atoms. The van der Waals surface area contributed by atoms with Gasteiger partial charge in [0, 0.05) is 0 Å². The summed E-state index contributed by atoms with van der Waals surface area (Å²) >= 11 is 5.68. The van der Waals surface area contributed by atoms with Crippen molar-refractivity contribution >= 4 is 27.9 Å². The Hall–Kier alpha value is 0.124. The van der Waals surface area contributed by atoms with E-state index in [9.17, 15) is 4.46 Å². The Morgan fingerprint density at radius 1 is 1.88 bits per heavy atom. The Kier molecular flexibility index (Phi) is 1.42. The second kappa shape index (κ2) is 1.82. The van der Waals surface area contributed by atoms with Gasteiger partial charge >= 0.3 is 16.8 Å². The predicted octanol–water partition coefficient (Wildman–Crippen LogP) is 0.299. The van der Waals surface area contributed by atoms with Crippen LogP contribution < -0.4 is 0 Å². The van der Waals surface area contributed by atoms with Crippen LogP contribution in [0.2, 0.25) is 6.55 Å². The monoisotopic (exact) mass is 168 g/mol. The maximum Gasteiger partial charge on any atom is 0.752 e. The van der Waals surface area contributed by atoms with Gasteiger partial charge in [-0.3, -0.25) is 4.46 Å². The molecule has 1 unspecified atom stereocenters. The predicted molar refractivity (Wildman–Crippen MR) is 30.9 cm³/mol. The van der Waals surface area contributed by atoms with Crippen molar-refractivity contribution in [1.82, 2.24) is 0 Å². The van der Waals surface area contributed by atoms with Crippen molar-refractivity contribution in [2.75, 3.05) is 6.23 Å². The first kappa shape index (κ1) is 6.25. The van der Waals surface area contributed by atoms with Gasteiger partial charge < -0.3 is 8.54 Å². The van der Waals surface area contributed by atoms with Crippen molar-refractivity contribution in [2.45, 2.75) is 6.55 Å². The molecule has 0 amide bonds. The van der Waals surface area contributed by atoms with Gasteiger partial charge in [-0.25, -0.2) is 0 Å². The van der Waals surface area contributed by atoms with Crippen LogP contribution in [0.5, 0.6) is 0 Å². The third-order valence-corrected chi connectivity index (χ3v) is 5.46. The summed E-state index contributed by atoms with van der Waals surface area (Å²) in [5.41, 5.74) is 0. The minimum absolute atomic E-state index is 0.354. The van der Waals surface area contributed by atoms with Crippen LogP contribution in [0, 0.1) is 0 Å². The fourth-order valence-electron chi connectivity index (χ4n) is 0.421. The maximum atomic E-state index is 10.3. The van der Waals surface area contributed by atoms with Crippen LogP contribution in [-0.4, -0.2) is 23.0 Å². The number of halogens is 1. The normalized spacial score (nSPS) is 36.5. The van der Waals surface area contributed by atoms with E-state index in [1.165, 1.54) is 0 Å². The van der Waals surface area contributed by atoms with Crippen LogP contribution in [0.1, 0.15) is 0 Å². The number of hydrogen-bond acceptors (Lipinski definition) is 3. The highest BCUT2D eigenvalue weighted by Crippen LogP contribution is 2.16. The molecule has 0 aromatic rings. The molecule has 0 spiro atoms. The molecule has 0 aromatic carbocycles. The Morgan fingerprint density at radius 3 is 2.62 bits per heavy atom. The van der Waals surface area contributed by atoms with E-state index in [1.807, 2.05) is 0 Å². The molecule has 3 nitrogen and oxygen atoms in total. The molecular weight excluding hydrogens is 164 g/mol. The van der Waals surface area contributed by atoms with Gasteiger partial charge in [-0.2, -0.15) is 0 Å². The highest BCUT2D eigenvalue weighted by molar-refractivity contribution is 7.18. The lowest BCUT2D eigenvalue weighted by Gasteiger charge is -2.04. The molecule has 1 rings (SSSR count). The molecule has 1 saturated heterocycles. The average Bonchev–Trinajstić information content (AvgIpc) is 1.82. The second-order valence-corrected chi connectivity index (χ2v) is 8.24. The molecule has 1 heterocycles. The zero-order valence-corrected chi connectivity index (χ0v) is 7.07. The number of rotatable bonds is 0. The average molecular weight is 169 g/mol. The Labute approximate surface area is 54.3 Å². The first-order valence-corrected chi connectivity index (χ1v) is 7.00. The summed E-state index contributed by atoms with van der Waals surface area (Å²) in [5, 5.41) is 0. The minimum atomic E-state index is -2.18. The molecule has 46 valence electrons. The lowest BCUT2D eigenvalue weighted by atomic mass is 11.7. The van der Waals surface area contributed by atoms with E-state index in [-0.39, 0.29) is 0 Å². The largest absolute Gasteiger partial charge is 0.752 e.